The van der Waals surface area contributed by atoms with Crippen molar-refractivity contribution in [2.75, 3.05) is 10.6 Å². The van der Waals surface area contributed by atoms with Crippen molar-refractivity contribution in [2.24, 2.45) is 0 Å². The second-order valence-electron chi connectivity index (χ2n) is 6.97. The maximum absolute atomic E-state index is 12.6. The van der Waals surface area contributed by atoms with Crippen LogP contribution in [0.15, 0.2) is 64.4 Å². The molecule has 0 radical (unpaired) electrons. The fourth-order valence-electron chi connectivity index (χ4n) is 2.89. The number of hydrogen-bond donors (Lipinski definition) is 3. The molecular weight excluding hydrogens is 400 g/mol. The molecule has 0 unspecified atom stereocenters. The Balaban J connectivity index is 1.45. The molecule has 0 fully saturated rings. The summed E-state index contributed by atoms with van der Waals surface area (Å²) in [5, 5.41) is 11.5. The standard InChI is InChI=1S/C22H20N4O3S/c1-13(2)23-21(28)24-16-8-5-7-15(10-16)20(27)26-22-25-17(12-30-22)19-11-14-6-3-4-9-18(14)29-19/h3-13H,1-2H3,(H2,23,24,28)(H,25,26,27). The van der Waals surface area contributed by atoms with E-state index in [1.54, 1.807) is 24.3 Å². The summed E-state index contributed by atoms with van der Waals surface area (Å²) in [6, 6.07) is 16.1. The lowest BCUT2D eigenvalue weighted by atomic mass is 10.2. The number of hydrogen-bond acceptors (Lipinski definition) is 5. The number of para-hydroxylation sites is 1. The number of amides is 3. The smallest absolute Gasteiger partial charge is 0.319 e. The highest BCUT2D eigenvalue weighted by atomic mass is 32.1. The fourth-order valence-corrected chi connectivity index (χ4v) is 3.58. The summed E-state index contributed by atoms with van der Waals surface area (Å²) < 4.78 is 5.82. The van der Waals surface area contributed by atoms with E-state index in [2.05, 4.69) is 20.9 Å². The molecular formula is C22H20N4O3S. The Kier molecular flexibility index (Phi) is 5.49. The molecule has 2 aromatic heterocycles. The first-order valence-electron chi connectivity index (χ1n) is 9.41. The first-order valence-corrected chi connectivity index (χ1v) is 10.3. The second kappa shape index (κ2) is 8.38. The number of benzene rings is 2. The van der Waals surface area contributed by atoms with Crippen LogP contribution in [0.5, 0.6) is 0 Å². The molecule has 8 heteroatoms. The summed E-state index contributed by atoms with van der Waals surface area (Å²) in [7, 11) is 0. The van der Waals surface area contributed by atoms with Crippen molar-refractivity contribution in [1.29, 1.82) is 0 Å². The maximum atomic E-state index is 12.6. The Hall–Kier alpha value is -3.65. The highest BCUT2D eigenvalue weighted by Gasteiger charge is 2.13. The average Bonchev–Trinajstić information content (AvgIpc) is 3.34. The van der Waals surface area contributed by atoms with Gasteiger partial charge < -0.3 is 15.1 Å². The number of urea groups is 1. The Labute approximate surface area is 177 Å². The van der Waals surface area contributed by atoms with E-state index < -0.39 is 0 Å². The number of thiazole rings is 1. The van der Waals surface area contributed by atoms with E-state index >= 15 is 0 Å². The first-order chi connectivity index (χ1) is 14.5. The fraction of sp³-hybridized carbons (Fsp3) is 0.136. The SMILES string of the molecule is CC(C)NC(=O)Nc1cccc(C(=O)Nc2nc(-c3cc4ccccc4o3)cs2)c1. The lowest BCUT2D eigenvalue weighted by molar-refractivity contribution is 0.102. The third kappa shape index (κ3) is 4.49. The van der Waals surface area contributed by atoms with Crippen LogP contribution < -0.4 is 16.0 Å². The molecule has 152 valence electrons. The average molecular weight is 420 g/mol. The molecule has 0 spiro atoms. The van der Waals surface area contributed by atoms with E-state index in [1.807, 2.05) is 49.6 Å². The molecule has 3 N–H and O–H groups in total. The van der Waals surface area contributed by atoms with Gasteiger partial charge >= 0.3 is 6.03 Å². The van der Waals surface area contributed by atoms with Gasteiger partial charge in [0.25, 0.3) is 5.91 Å². The van der Waals surface area contributed by atoms with Gasteiger partial charge in [0.15, 0.2) is 10.9 Å². The molecule has 0 bridgehead atoms. The normalized spacial score (nSPS) is 10.9. The minimum absolute atomic E-state index is 0.0161. The molecule has 0 aliphatic rings. The molecule has 0 aliphatic heterocycles. The van der Waals surface area contributed by atoms with Crippen LogP contribution in [0.4, 0.5) is 15.6 Å². The van der Waals surface area contributed by atoms with E-state index in [0.717, 1.165) is 11.0 Å². The molecule has 7 nitrogen and oxygen atoms in total. The van der Waals surface area contributed by atoms with E-state index in [9.17, 15) is 9.59 Å². The van der Waals surface area contributed by atoms with Crippen LogP contribution in [0, 0.1) is 0 Å². The molecule has 30 heavy (non-hydrogen) atoms. The summed E-state index contributed by atoms with van der Waals surface area (Å²) in [5.41, 5.74) is 2.39. The zero-order valence-electron chi connectivity index (χ0n) is 16.4. The minimum Gasteiger partial charge on any atom is -0.454 e. The van der Waals surface area contributed by atoms with Gasteiger partial charge in [0.05, 0.1) is 0 Å². The zero-order chi connectivity index (χ0) is 21.1. The van der Waals surface area contributed by atoms with Crippen LogP contribution in [0.1, 0.15) is 24.2 Å². The molecule has 4 rings (SSSR count). The van der Waals surface area contributed by atoms with Gasteiger partial charge in [-0.05, 0) is 44.2 Å². The monoisotopic (exact) mass is 420 g/mol. The van der Waals surface area contributed by atoms with Crippen molar-refractivity contribution < 1.29 is 14.0 Å². The number of furan rings is 1. The summed E-state index contributed by atoms with van der Waals surface area (Å²) in [5.74, 6) is 0.337. The number of carbonyl (C=O) groups is 2. The van der Waals surface area contributed by atoms with Crippen LogP contribution in [-0.4, -0.2) is 23.0 Å². The topological polar surface area (TPSA) is 96.3 Å². The predicted molar refractivity (Wildman–Crippen MR) is 119 cm³/mol. The number of rotatable bonds is 5. The summed E-state index contributed by atoms with van der Waals surface area (Å²) >= 11 is 1.32. The molecule has 2 aromatic carbocycles. The minimum atomic E-state index is -0.321. The van der Waals surface area contributed by atoms with Gasteiger partial charge in [-0.2, -0.15) is 0 Å². The van der Waals surface area contributed by atoms with Gasteiger partial charge in [-0.25, -0.2) is 9.78 Å². The van der Waals surface area contributed by atoms with Gasteiger partial charge in [0, 0.05) is 28.1 Å². The number of nitrogens with one attached hydrogen (secondary N) is 3. The molecule has 3 amide bonds. The Morgan fingerprint density at radius 2 is 1.87 bits per heavy atom. The van der Waals surface area contributed by atoms with Crippen LogP contribution >= 0.6 is 11.3 Å². The summed E-state index contributed by atoms with van der Waals surface area (Å²) in [6.07, 6.45) is 0. The van der Waals surface area contributed by atoms with Gasteiger partial charge in [-0.3, -0.25) is 10.1 Å². The third-order valence-electron chi connectivity index (χ3n) is 4.21. The van der Waals surface area contributed by atoms with Crippen LogP contribution in [0.25, 0.3) is 22.4 Å². The Morgan fingerprint density at radius 3 is 2.67 bits per heavy atom. The van der Waals surface area contributed by atoms with Gasteiger partial charge in [0.1, 0.15) is 11.3 Å². The highest BCUT2D eigenvalue weighted by molar-refractivity contribution is 7.14. The maximum Gasteiger partial charge on any atom is 0.319 e. The Morgan fingerprint density at radius 1 is 1.03 bits per heavy atom. The molecule has 0 aliphatic carbocycles. The quantitative estimate of drug-likeness (QED) is 0.406. The van der Waals surface area contributed by atoms with E-state index in [1.165, 1.54) is 11.3 Å². The van der Waals surface area contributed by atoms with Gasteiger partial charge in [-0.1, -0.05) is 24.3 Å². The number of aromatic nitrogens is 1. The molecule has 0 saturated carbocycles. The summed E-state index contributed by atoms with van der Waals surface area (Å²) in [6.45, 7) is 3.74. The molecule has 0 saturated heterocycles. The van der Waals surface area contributed by atoms with Crippen molar-refractivity contribution >= 4 is 45.1 Å². The molecule has 4 aromatic rings. The number of carbonyl (C=O) groups excluding carboxylic acids is 2. The van der Waals surface area contributed by atoms with Gasteiger partial charge in [0.2, 0.25) is 0 Å². The lowest BCUT2D eigenvalue weighted by Crippen LogP contribution is -2.34. The van der Waals surface area contributed by atoms with Crippen molar-refractivity contribution in [3.8, 4) is 11.5 Å². The third-order valence-corrected chi connectivity index (χ3v) is 4.96. The van der Waals surface area contributed by atoms with Crippen molar-refractivity contribution in [3.63, 3.8) is 0 Å². The van der Waals surface area contributed by atoms with Gasteiger partial charge in [-0.15, -0.1) is 11.3 Å². The van der Waals surface area contributed by atoms with Crippen LogP contribution in [0.3, 0.4) is 0 Å². The van der Waals surface area contributed by atoms with Crippen molar-refractivity contribution in [2.45, 2.75) is 19.9 Å². The lowest BCUT2D eigenvalue weighted by Gasteiger charge is -2.10. The number of nitrogens with zero attached hydrogens (tertiary/aromatic N) is 1. The highest BCUT2D eigenvalue weighted by Crippen LogP contribution is 2.30. The van der Waals surface area contributed by atoms with Crippen molar-refractivity contribution in [3.05, 3.63) is 65.5 Å². The number of fused-ring (bicyclic) bond motifs is 1. The van der Waals surface area contributed by atoms with Crippen LogP contribution in [-0.2, 0) is 0 Å². The van der Waals surface area contributed by atoms with Crippen LogP contribution in [0.2, 0.25) is 0 Å². The predicted octanol–water partition coefficient (Wildman–Crippen LogP) is 5.34. The Bertz CT molecular complexity index is 1180. The first kappa shape index (κ1) is 19.7. The largest absolute Gasteiger partial charge is 0.454 e. The van der Waals surface area contributed by atoms with E-state index in [4.69, 9.17) is 4.42 Å². The van der Waals surface area contributed by atoms with E-state index in [-0.39, 0.29) is 18.0 Å². The second-order valence-corrected chi connectivity index (χ2v) is 7.83. The number of anilines is 2. The summed E-state index contributed by atoms with van der Waals surface area (Å²) in [4.78, 5) is 28.9. The molecule has 2 heterocycles. The zero-order valence-corrected chi connectivity index (χ0v) is 17.2. The van der Waals surface area contributed by atoms with E-state index in [0.29, 0.717) is 27.8 Å². The molecule has 0 atom stereocenters. The van der Waals surface area contributed by atoms with Crippen molar-refractivity contribution in [1.82, 2.24) is 10.3 Å².